The predicted molar refractivity (Wildman–Crippen MR) is 104 cm³/mol. The lowest BCUT2D eigenvalue weighted by molar-refractivity contribution is -0.120. The monoisotopic (exact) mass is 352 g/mol. The predicted octanol–water partition coefficient (Wildman–Crippen LogP) is 3.72. The number of hydrogen-bond acceptors (Lipinski definition) is 3. The fraction of sp³-hybridized carbons (Fsp3) is 0.238. The zero-order valence-corrected chi connectivity index (χ0v) is 15.1. The highest BCUT2D eigenvalue weighted by atomic mass is 16.5. The number of primary amides is 1. The molecule has 0 heterocycles. The summed E-state index contributed by atoms with van der Waals surface area (Å²) in [5.74, 6) is 0.217. The maximum absolute atomic E-state index is 12.2. The van der Waals surface area contributed by atoms with Gasteiger partial charge in [0.1, 0.15) is 5.75 Å². The van der Waals surface area contributed by atoms with Crippen LogP contribution in [-0.2, 0) is 9.59 Å². The first-order valence-electron chi connectivity index (χ1n) is 8.58. The molecular weight excluding hydrogens is 328 g/mol. The molecule has 5 nitrogen and oxygen atoms in total. The minimum atomic E-state index is -0.525. The van der Waals surface area contributed by atoms with Crippen molar-refractivity contribution >= 4 is 23.6 Å². The van der Waals surface area contributed by atoms with Crippen molar-refractivity contribution < 1.29 is 14.3 Å². The molecule has 26 heavy (non-hydrogen) atoms. The molecule has 0 aliphatic heterocycles. The number of para-hydroxylation sites is 1. The van der Waals surface area contributed by atoms with E-state index in [9.17, 15) is 9.59 Å². The SMILES string of the molecule is CCC(C)c1ccccc1NC(=O)/C=C/c1ccc(OCC(N)=O)cc1. The molecule has 1 unspecified atom stereocenters. The average molecular weight is 352 g/mol. The zero-order chi connectivity index (χ0) is 18.9. The summed E-state index contributed by atoms with van der Waals surface area (Å²) in [6.45, 7) is 4.11. The normalized spacial score (nSPS) is 11.9. The first kappa shape index (κ1) is 19.2. The largest absolute Gasteiger partial charge is 0.484 e. The van der Waals surface area contributed by atoms with Gasteiger partial charge in [0, 0.05) is 11.8 Å². The molecule has 136 valence electrons. The summed E-state index contributed by atoms with van der Waals surface area (Å²) in [7, 11) is 0. The third kappa shape index (κ3) is 5.77. The van der Waals surface area contributed by atoms with Gasteiger partial charge in [-0.05, 0) is 47.7 Å². The Labute approximate surface area is 153 Å². The molecule has 2 aromatic rings. The van der Waals surface area contributed by atoms with Gasteiger partial charge in [0.15, 0.2) is 6.61 Å². The summed E-state index contributed by atoms with van der Waals surface area (Å²) in [6, 6.07) is 14.9. The van der Waals surface area contributed by atoms with Gasteiger partial charge in [-0.2, -0.15) is 0 Å². The number of nitrogens with one attached hydrogen (secondary N) is 1. The standard InChI is InChI=1S/C21H24N2O3/c1-3-15(2)18-6-4-5-7-19(18)23-21(25)13-10-16-8-11-17(12-9-16)26-14-20(22)24/h4-13,15H,3,14H2,1-2H3,(H2,22,24)(H,23,25)/b13-10+. The molecule has 3 N–H and O–H groups in total. The van der Waals surface area contributed by atoms with Crippen molar-refractivity contribution in [2.45, 2.75) is 26.2 Å². The molecule has 0 bridgehead atoms. The van der Waals surface area contributed by atoms with Crippen molar-refractivity contribution in [3.05, 3.63) is 65.7 Å². The fourth-order valence-corrected chi connectivity index (χ4v) is 2.44. The van der Waals surface area contributed by atoms with Gasteiger partial charge in [0.25, 0.3) is 5.91 Å². The van der Waals surface area contributed by atoms with Crippen molar-refractivity contribution in [2.24, 2.45) is 5.73 Å². The van der Waals surface area contributed by atoms with Crippen molar-refractivity contribution in [1.82, 2.24) is 0 Å². The lowest BCUT2D eigenvalue weighted by atomic mass is 9.97. The molecule has 0 fully saturated rings. The first-order chi connectivity index (χ1) is 12.5. The van der Waals surface area contributed by atoms with Gasteiger partial charge >= 0.3 is 0 Å². The van der Waals surface area contributed by atoms with Crippen LogP contribution in [0.3, 0.4) is 0 Å². The van der Waals surface area contributed by atoms with E-state index in [1.54, 1.807) is 30.3 Å². The van der Waals surface area contributed by atoms with Crippen LogP contribution in [0.25, 0.3) is 6.08 Å². The minimum absolute atomic E-state index is 0.160. The second-order valence-corrected chi connectivity index (χ2v) is 6.04. The topological polar surface area (TPSA) is 81.4 Å². The number of anilines is 1. The average Bonchev–Trinajstić information content (AvgIpc) is 2.65. The number of benzene rings is 2. The van der Waals surface area contributed by atoms with E-state index >= 15 is 0 Å². The van der Waals surface area contributed by atoms with E-state index < -0.39 is 5.91 Å². The zero-order valence-electron chi connectivity index (χ0n) is 15.1. The molecule has 0 aliphatic rings. The number of carbonyl (C=O) groups excluding carboxylic acids is 2. The van der Waals surface area contributed by atoms with Gasteiger partial charge in [-0.15, -0.1) is 0 Å². The number of nitrogens with two attached hydrogens (primary N) is 1. The molecule has 0 aliphatic carbocycles. The molecule has 0 saturated carbocycles. The Hall–Kier alpha value is -3.08. The number of rotatable bonds is 8. The summed E-state index contributed by atoms with van der Waals surface area (Å²) in [6.07, 6.45) is 4.22. The Balaban J connectivity index is 1.98. The van der Waals surface area contributed by atoms with Crippen molar-refractivity contribution in [3.63, 3.8) is 0 Å². The van der Waals surface area contributed by atoms with Crippen LogP contribution in [0.15, 0.2) is 54.6 Å². The minimum Gasteiger partial charge on any atom is -0.484 e. The molecule has 0 saturated heterocycles. The fourth-order valence-electron chi connectivity index (χ4n) is 2.44. The van der Waals surface area contributed by atoms with Crippen molar-refractivity contribution in [2.75, 3.05) is 11.9 Å². The highest BCUT2D eigenvalue weighted by Crippen LogP contribution is 2.26. The van der Waals surface area contributed by atoms with Crippen LogP contribution in [-0.4, -0.2) is 18.4 Å². The van der Waals surface area contributed by atoms with Gasteiger partial charge in [-0.3, -0.25) is 9.59 Å². The number of hydrogen-bond donors (Lipinski definition) is 2. The summed E-state index contributed by atoms with van der Waals surface area (Å²) in [4.78, 5) is 22.9. The van der Waals surface area contributed by atoms with Crippen LogP contribution in [0.1, 0.15) is 37.3 Å². The molecule has 2 amide bonds. The van der Waals surface area contributed by atoms with Crippen LogP contribution < -0.4 is 15.8 Å². The second kappa shape index (κ2) is 9.42. The molecule has 5 heteroatoms. The van der Waals surface area contributed by atoms with Crippen LogP contribution in [0.2, 0.25) is 0 Å². The van der Waals surface area contributed by atoms with E-state index in [1.165, 1.54) is 6.08 Å². The van der Waals surface area contributed by atoms with Gasteiger partial charge in [-0.1, -0.05) is 44.2 Å². The first-order valence-corrected chi connectivity index (χ1v) is 8.58. The van der Waals surface area contributed by atoms with Crippen LogP contribution in [0, 0.1) is 0 Å². The molecule has 2 rings (SSSR count). The van der Waals surface area contributed by atoms with Crippen molar-refractivity contribution in [1.29, 1.82) is 0 Å². The summed E-state index contributed by atoms with van der Waals surface area (Å²) in [5.41, 5.74) is 7.85. The lowest BCUT2D eigenvalue weighted by Gasteiger charge is -2.14. The smallest absolute Gasteiger partial charge is 0.255 e. The van der Waals surface area contributed by atoms with Crippen LogP contribution in [0.5, 0.6) is 5.75 Å². The molecule has 0 radical (unpaired) electrons. The summed E-state index contributed by atoms with van der Waals surface area (Å²) >= 11 is 0. The number of carbonyl (C=O) groups is 2. The molecule has 1 atom stereocenters. The molecular formula is C21H24N2O3. The van der Waals surface area contributed by atoms with E-state index in [4.69, 9.17) is 10.5 Å². The van der Waals surface area contributed by atoms with Crippen molar-refractivity contribution in [3.8, 4) is 5.75 Å². The summed E-state index contributed by atoms with van der Waals surface area (Å²) < 4.78 is 5.20. The number of ether oxygens (including phenoxy) is 1. The maximum atomic E-state index is 12.2. The Morgan fingerprint density at radius 3 is 2.50 bits per heavy atom. The highest BCUT2D eigenvalue weighted by molar-refractivity contribution is 6.02. The number of amides is 2. The molecule has 0 aromatic heterocycles. The van der Waals surface area contributed by atoms with E-state index in [-0.39, 0.29) is 12.5 Å². The van der Waals surface area contributed by atoms with E-state index in [1.807, 2.05) is 24.3 Å². The Morgan fingerprint density at radius 1 is 1.15 bits per heavy atom. The van der Waals surface area contributed by atoms with Crippen LogP contribution in [0.4, 0.5) is 5.69 Å². The second-order valence-electron chi connectivity index (χ2n) is 6.04. The lowest BCUT2D eigenvalue weighted by Crippen LogP contribution is -2.19. The van der Waals surface area contributed by atoms with Gasteiger partial charge in [0.2, 0.25) is 5.91 Å². The van der Waals surface area contributed by atoms with Crippen LogP contribution >= 0.6 is 0 Å². The third-order valence-corrected chi connectivity index (χ3v) is 4.05. The van der Waals surface area contributed by atoms with Gasteiger partial charge in [-0.25, -0.2) is 0 Å². The Morgan fingerprint density at radius 2 is 1.85 bits per heavy atom. The van der Waals surface area contributed by atoms with Gasteiger partial charge < -0.3 is 15.8 Å². The van der Waals surface area contributed by atoms with E-state index in [0.29, 0.717) is 11.7 Å². The molecule has 0 spiro atoms. The summed E-state index contributed by atoms with van der Waals surface area (Å²) in [5, 5.41) is 2.94. The van der Waals surface area contributed by atoms with E-state index in [0.717, 1.165) is 23.2 Å². The third-order valence-electron chi connectivity index (χ3n) is 4.05. The van der Waals surface area contributed by atoms with E-state index in [2.05, 4.69) is 19.2 Å². The Bertz CT molecular complexity index is 782. The van der Waals surface area contributed by atoms with Gasteiger partial charge in [0.05, 0.1) is 0 Å². The maximum Gasteiger partial charge on any atom is 0.255 e. The highest BCUT2D eigenvalue weighted by Gasteiger charge is 2.09. The quantitative estimate of drug-likeness (QED) is 0.711. The Kier molecular flexibility index (Phi) is 6.97. The molecule has 2 aromatic carbocycles.